The molecular formula is C15H27N3O. The number of nitrogens with zero attached hydrogens (tertiary/aromatic N) is 2. The molecule has 0 bridgehead atoms. The number of aromatic nitrogens is 2. The van der Waals surface area contributed by atoms with Crippen LogP contribution in [0.15, 0.2) is 4.52 Å². The second-order valence-electron chi connectivity index (χ2n) is 6.35. The van der Waals surface area contributed by atoms with Crippen LogP contribution in [0.5, 0.6) is 0 Å². The Bertz CT molecular complexity index is 388. The van der Waals surface area contributed by atoms with Crippen LogP contribution in [0.3, 0.4) is 0 Å². The Morgan fingerprint density at radius 2 is 2.16 bits per heavy atom. The zero-order chi connectivity index (χ0) is 13.8. The van der Waals surface area contributed by atoms with Gasteiger partial charge in [0.2, 0.25) is 5.89 Å². The molecule has 1 N–H and O–H groups in total. The molecule has 19 heavy (non-hydrogen) atoms. The van der Waals surface area contributed by atoms with E-state index in [9.17, 15) is 0 Å². The maximum atomic E-state index is 5.41. The molecule has 3 atom stereocenters. The molecule has 1 aromatic heterocycles. The summed E-state index contributed by atoms with van der Waals surface area (Å²) in [6.07, 6.45) is 4.37. The van der Waals surface area contributed by atoms with Gasteiger partial charge in [0, 0.05) is 18.4 Å². The minimum Gasteiger partial charge on any atom is -0.339 e. The molecule has 1 heterocycles. The van der Waals surface area contributed by atoms with Gasteiger partial charge in [0.05, 0.1) is 0 Å². The van der Waals surface area contributed by atoms with E-state index in [1.807, 2.05) is 0 Å². The van der Waals surface area contributed by atoms with Crippen molar-refractivity contribution in [3.63, 3.8) is 0 Å². The first-order chi connectivity index (χ1) is 9.10. The van der Waals surface area contributed by atoms with Crippen LogP contribution in [0.2, 0.25) is 0 Å². The van der Waals surface area contributed by atoms with E-state index in [1.165, 1.54) is 6.42 Å². The van der Waals surface area contributed by atoms with Gasteiger partial charge in [-0.1, -0.05) is 32.9 Å². The second-order valence-corrected chi connectivity index (χ2v) is 6.35. The van der Waals surface area contributed by atoms with Crippen molar-refractivity contribution in [3.05, 3.63) is 11.7 Å². The van der Waals surface area contributed by atoms with E-state index in [0.717, 1.165) is 43.4 Å². The number of nitrogens with one attached hydrogen (secondary N) is 1. The molecule has 1 fully saturated rings. The van der Waals surface area contributed by atoms with Crippen molar-refractivity contribution in [2.75, 3.05) is 6.54 Å². The molecule has 0 spiro atoms. The average molecular weight is 265 g/mol. The standard InChI is InChI=1S/C15H27N3O/c1-5-6-16-12(7-10(2)3)9-14-17-15(18-19-14)13-8-11(13)4/h10-13,16H,5-9H2,1-4H3. The largest absolute Gasteiger partial charge is 0.339 e. The molecule has 4 heteroatoms. The van der Waals surface area contributed by atoms with Gasteiger partial charge in [-0.25, -0.2) is 0 Å². The lowest BCUT2D eigenvalue weighted by atomic mass is 10.0. The van der Waals surface area contributed by atoms with Crippen LogP contribution in [-0.2, 0) is 6.42 Å². The number of rotatable bonds is 8. The van der Waals surface area contributed by atoms with Crippen molar-refractivity contribution in [2.24, 2.45) is 11.8 Å². The van der Waals surface area contributed by atoms with Gasteiger partial charge in [-0.3, -0.25) is 0 Å². The van der Waals surface area contributed by atoms with E-state index in [2.05, 4.69) is 43.2 Å². The molecular weight excluding hydrogens is 238 g/mol. The maximum Gasteiger partial charge on any atom is 0.228 e. The first-order valence-electron chi connectivity index (χ1n) is 7.66. The second kappa shape index (κ2) is 6.51. The number of hydrogen-bond acceptors (Lipinski definition) is 4. The summed E-state index contributed by atoms with van der Waals surface area (Å²) >= 11 is 0. The van der Waals surface area contributed by atoms with Crippen molar-refractivity contribution >= 4 is 0 Å². The van der Waals surface area contributed by atoms with Gasteiger partial charge >= 0.3 is 0 Å². The normalized spacial score (nSPS) is 23.8. The Balaban J connectivity index is 1.89. The summed E-state index contributed by atoms with van der Waals surface area (Å²) in [6, 6.07) is 0.449. The molecule has 108 valence electrons. The fourth-order valence-corrected chi connectivity index (χ4v) is 2.55. The minimum atomic E-state index is 0.449. The van der Waals surface area contributed by atoms with Crippen molar-refractivity contribution in [1.29, 1.82) is 0 Å². The van der Waals surface area contributed by atoms with Crippen LogP contribution in [-0.4, -0.2) is 22.7 Å². The molecule has 0 saturated heterocycles. The predicted molar refractivity (Wildman–Crippen MR) is 76.1 cm³/mol. The van der Waals surface area contributed by atoms with Crippen LogP contribution >= 0.6 is 0 Å². The van der Waals surface area contributed by atoms with E-state index >= 15 is 0 Å². The first kappa shape index (κ1) is 14.5. The zero-order valence-electron chi connectivity index (χ0n) is 12.6. The molecule has 4 nitrogen and oxygen atoms in total. The number of hydrogen-bond donors (Lipinski definition) is 1. The zero-order valence-corrected chi connectivity index (χ0v) is 12.6. The van der Waals surface area contributed by atoms with Crippen molar-refractivity contribution < 1.29 is 4.52 Å². The fraction of sp³-hybridized carbons (Fsp3) is 0.867. The van der Waals surface area contributed by atoms with E-state index in [0.29, 0.717) is 17.9 Å². The van der Waals surface area contributed by atoms with Gasteiger partial charge in [-0.15, -0.1) is 0 Å². The molecule has 3 unspecified atom stereocenters. The third kappa shape index (κ3) is 4.30. The summed E-state index contributed by atoms with van der Waals surface area (Å²) in [5.41, 5.74) is 0. The van der Waals surface area contributed by atoms with Crippen LogP contribution in [0.4, 0.5) is 0 Å². The SMILES string of the molecule is CCCNC(Cc1nc(C2CC2C)no1)CC(C)C. The van der Waals surface area contributed by atoms with Crippen molar-refractivity contribution in [1.82, 2.24) is 15.5 Å². The molecule has 0 radical (unpaired) electrons. The van der Waals surface area contributed by atoms with Gasteiger partial charge in [0.1, 0.15) is 0 Å². The molecule has 2 rings (SSSR count). The highest BCUT2D eigenvalue weighted by atomic mass is 16.5. The lowest BCUT2D eigenvalue weighted by Crippen LogP contribution is -2.33. The summed E-state index contributed by atoms with van der Waals surface area (Å²) in [4.78, 5) is 4.56. The molecule has 1 saturated carbocycles. The Kier molecular flexibility index (Phi) is 4.97. The Morgan fingerprint density at radius 3 is 2.74 bits per heavy atom. The molecule has 1 aliphatic carbocycles. The highest BCUT2D eigenvalue weighted by Gasteiger charge is 2.38. The predicted octanol–water partition coefficient (Wildman–Crippen LogP) is 3.15. The maximum absolute atomic E-state index is 5.41. The highest BCUT2D eigenvalue weighted by molar-refractivity contribution is 5.07. The van der Waals surface area contributed by atoms with Gasteiger partial charge in [0.15, 0.2) is 5.82 Å². The van der Waals surface area contributed by atoms with Gasteiger partial charge in [0.25, 0.3) is 0 Å². The molecule has 1 aliphatic rings. The Morgan fingerprint density at radius 1 is 1.42 bits per heavy atom. The lowest BCUT2D eigenvalue weighted by molar-refractivity contribution is 0.335. The first-order valence-corrected chi connectivity index (χ1v) is 7.66. The smallest absolute Gasteiger partial charge is 0.228 e. The van der Waals surface area contributed by atoms with E-state index < -0.39 is 0 Å². The molecule has 0 aliphatic heterocycles. The van der Waals surface area contributed by atoms with Crippen molar-refractivity contribution in [3.8, 4) is 0 Å². The van der Waals surface area contributed by atoms with E-state index in [1.54, 1.807) is 0 Å². The Labute approximate surface area is 116 Å². The Hall–Kier alpha value is -0.900. The summed E-state index contributed by atoms with van der Waals surface area (Å²) in [6.45, 7) is 10.00. The average Bonchev–Trinajstić information content (AvgIpc) is 2.89. The van der Waals surface area contributed by atoms with Gasteiger partial charge in [-0.2, -0.15) is 4.98 Å². The van der Waals surface area contributed by atoms with Crippen LogP contribution in [0, 0.1) is 11.8 Å². The summed E-state index contributed by atoms with van der Waals surface area (Å²) < 4.78 is 5.41. The third-order valence-corrected chi connectivity index (χ3v) is 3.78. The topological polar surface area (TPSA) is 51.0 Å². The highest BCUT2D eigenvalue weighted by Crippen LogP contribution is 2.45. The molecule has 0 aromatic carbocycles. The van der Waals surface area contributed by atoms with Crippen LogP contribution < -0.4 is 5.32 Å². The summed E-state index contributed by atoms with van der Waals surface area (Å²) in [5.74, 6) is 3.67. The molecule has 0 amide bonds. The fourth-order valence-electron chi connectivity index (χ4n) is 2.55. The monoisotopic (exact) mass is 265 g/mol. The lowest BCUT2D eigenvalue weighted by Gasteiger charge is -2.18. The van der Waals surface area contributed by atoms with Gasteiger partial charge in [-0.05, 0) is 37.6 Å². The van der Waals surface area contributed by atoms with Crippen LogP contribution in [0.25, 0.3) is 0 Å². The van der Waals surface area contributed by atoms with Gasteiger partial charge < -0.3 is 9.84 Å². The minimum absolute atomic E-state index is 0.449. The summed E-state index contributed by atoms with van der Waals surface area (Å²) in [7, 11) is 0. The van der Waals surface area contributed by atoms with E-state index in [-0.39, 0.29) is 0 Å². The van der Waals surface area contributed by atoms with Crippen LogP contribution in [0.1, 0.15) is 64.6 Å². The summed E-state index contributed by atoms with van der Waals surface area (Å²) in [5, 5.41) is 7.71. The van der Waals surface area contributed by atoms with Crippen molar-refractivity contribution in [2.45, 2.75) is 65.3 Å². The quantitative estimate of drug-likeness (QED) is 0.784. The molecule has 1 aromatic rings. The van der Waals surface area contributed by atoms with E-state index in [4.69, 9.17) is 4.52 Å². The third-order valence-electron chi connectivity index (χ3n) is 3.78.